The molecule has 20 heavy (non-hydrogen) atoms. The van der Waals surface area contributed by atoms with E-state index in [2.05, 4.69) is 22.0 Å². The lowest BCUT2D eigenvalue weighted by molar-refractivity contribution is 0.00115. The maximum Gasteiger partial charge on any atom is 0.354 e. The molecule has 0 amide bonds. The molecule has 0 aliphatic heterocycles. The van der Waals surface area contributed by atoms with Crippen LogP contribution in [0.25, 0.3) is 0 Å². The minimum Gasteiger partial charge on any atom is -0.464 e. The lowest BCUT2D eigenvalue weighted by Gasteiger charge is -2.38. The van der Waals surface area contributed by atoms with Crippen LogP contribution in [0.2, 0.25) is 0 Å². The molecule has 3 N–H and O–H groups in total. The number of nitrogens with one attached hydrogen (secondary N) is 2. The van der Waals surface area contributed by atoms with Crippen molar-refractivity contribution < 1.29 is 14.6 Å². The molecule has 0 radical (unpaired) electrons. The van der Waals surface area contributed by atoms with Gasteiger partial charge in [0.2, 0.25) is 0 Å². The van der Waals surface area contributed by atoms with Gasteiger partial charge < -0.3 is 20.1 Å². The monoisotopic (exact) mass is 280 g/mol. The van der Waals surface area contributed by atoms with Gasteiger partial charge in [-0.3, -0.25) is 0 Å². The molecule has 1 heterocycles. The van der Waals surface area contributed by atoms with E-state index in [-0.39, 0.29) is 17.5 Å². The van der Waals surface area contributed by atoms with E-state index in [0.717, 1.165) is 31.4 Å². The van der Waals surface area contributed by atoms with E-state index < -0.39 is 0 Å². The van der Waals surface area contributed by atoms with Crippen molar-refractivity contribution >= 4 is 5.97 Å². The summed E-state index contributed by atoms with van der Waals surface area (Å²) in [5, 5.41) is 13.5. The van der Waals surface area contributed by atoms with Crippen molar-refractivity contribution in [1.82, 2.24) is 10.3 Å². The number of hydrogen-bond donors (Lipinski definition) is 3. The van der Waals surface area contributed by atoms with Crippen LogP contribution < -0.4 is 5.32 Å². The fourth-order valence-electron chi connectivity index (χ4n) is 2.85. The van der Waals surface area contributed by atoms with Crippen LogP contribution in [0.15, 0.2) is 12.3 Å². The van der Waals surface area contributed by atoms with Crippen LogP contribution in [0.3, 0.4) is 0 Å². The van der Waals surface area contributed by atoms with Gasteiger partial charge in [-0.05, 0) is 24.5 Å². The van der Waals surface area contributed by atoms with Gasteiger partial charge in [-0.25, -0.2) is 4.79 Å². The first-order valence-electron chi connectivity index (χ1n) is 7.19. The normalized spacial score (nSPS) is 26.4. The van der Waals surface area contributed by atoms with E-state index in [0.29, 0.717) is 12.2 Å². The first-order valence-corrected chi connectivity index (χ1v) is 7.19. The van der Waals surface area contributed by atoms with E-state index >= 15 is 0 Å². The second-order valence-electron chi connectivity index (χ2n) is 5.93. The van der Waals surface area contributed by atoms with Crippen LogP contribution in [0, 0.1) is 5.41 Å². The number of aliphatic hydroxyl groups excluding tert-OH is 1. The second-order valence-corrected chi connectivity index (χ2v) is 5.93. The average molecular weight is 280 g/mol. The standard InChI is InChI=1S/C15H24N2O3/c1-15(6-4-3-5-13(15)18)10-16-8-11-7-12(17-9-11)14(19)20-2/h7,9,13,16-18H,3-6,8,10H2,1-2H3. The predicted molar refractivity (Wildman–Crippen MR) is 76.4 cm³/mol. The quantitative estimate of drug-likeness (QED) is 0.719. The summed E-state index contributed by atoms with van der Waals surface area (Å²) in [4.78, 5) is 14.2. The number of aromatic amines is 1. The van der Waals surface area contributed by atoms with Crippen LogP contribution in [0.5, 0.6) is 0 Å². The summed E-state index contributed by atoms with van der Waals surface area (Å²) in [6, 6.07) is 1.79. The Kier molecular flexibility index (Phi) is 4.83. The SMILES string of the molecule is COC(=O)c1cc(CNCC2(C)CCCCC2O)c[nH]1. The molecule has 1 fully saturated rings. The topological polar surface area (TPSA) is 74.3 Å². The summed E-state index contributed by atoms with van der Waals surface area (Å²) >= 11 is 0. The van der Waals surface area contributed by atoms with Crippen molar-refractivity contribution in [2.75, 3.05) is 13.7 Å². The average Bonchev–Trinajstić information content (AvgIpc) is 2.90. The number of aromatic nitrogens is 1. The lowest BCUT2D eigenvalue weighted by atomic mass is 9.73. The van der Waals surface area contributed by atoms with Crippen LogP contribution in [0.4, 0.5) is 0 Å². The zero-order valence-electron chi connectivity index (χ0n) is 12.2. The van der Waals surface area contributed by atoms with Gasteiger partial charge >= 0.3 is 5.97 Å². The van der Waals surface area contributed by atoms with Crippen molar-refractivity contribution in [2.24, 2.45) is 5.41 Å². The van der Waals surface area contributed by atoms with E-state index in [4.69, 9.17) is 0 Å². The summed E-state index contributed by atoms with van der Waals surface area (Å²) in [6.07, 6.45) is 5.85. The summed E-state index contributed by atoms with van der Waals surface area (Å²) in [5.41, 5.74) is 1.44. The maximum atomic E-state index is 11.3. The summed E-state index contributed by atoms with van der Waals surface area (Å²) in [6.45, 7) is 3.60. The lowest BCUT2D eigenvalue weighted by Crippen LogP contribution is -2.43. The third kappa shape index (κ3) is 3.41. The number of H-pyrrole nitrogens is 1. The number of aliphatic hydroxyl groups is 1. The van der Waals surface area contributed by atoms with Gasteiger partial charge in [-0.15, -0.1) is 0 Å². The number of methoxy groups -OCH3 is 1. The molecule has 2 unspecified atom stereocenters. The molecule has 5 heteroatoms. The minimum absolute atomic E-state index is 0.0419. The highest BCUT2D eigenvalue weighted by atomic mass is 16.5. The molecular formula is C15H24N2O3. The van der Waals surface area contributed by atoms with Crippen molar-refractivity contribution in [3.63, 3.8) is 0 Å². The van der Waals surface area contributed by atoms with Crippen LogP contribution in [0.1, 0.15) is 48.7 Å². The highest BCUT2D eigenvalue weighted by molar-refractivity contribution is 5.87. The smallest absolute Gasteiger partial charge is 0.354 e. The van der Waals surface area contributed by atoms with E-state index in [1.807, 2.05) is 0 Å². The Balaban J connectivity index is 1.83. The highest BCUT2D eigenvalue weighted by Crippen LogP contribution is 2.35. The molecular weight excluding hydrogens is 256 g/mol. The van der Waals surface area contributed by atoms with Gasteiger partial charge in [0.15, 0.2) is 0 Å². The van der Waals surface area contributed by atoms with Gasteiger partial charge in [0.1, 0.15) is 5.69 Å². The summed E-state index contributed by atoms with van der Waals surface area (Å²) < 4.78 is 4.66. The summed E-state index contributed by atoms with van der Waals surface area (Å²) in [5.74, 6) is -0.356. The molecule has 1 aromatic rings. The van der Waals surface area contributed by atoms with Gasteiger partial charge in [-0.1, -0.05) is 19.8 Å². The maximum absolute atomic E-state index is 11.3. The molecule has 1 aliphatic carbocycles. The van der Waals surface area contributed by atoms with Gasteiger partial charge in [-0.2, -0.15) is 0 Å². The van der Waals surface area contributed by atoms with E-state index in [9.17, 15) is 9.90 Å². The Bertz CT molecular complexity index is 458. The largest absolute Gasteiger partial charge is 0.464 e. The Morgan fingerprint density at radius 2 is 2.40 bits per heavy atom. The summed E-state index contributed by atoms with van der Waals surface area (Å²) in [7, 11) is 1.37. The molecule has 0 spiro atoms. The van der Waals surface area contributed by atoms with Crippen LogP contribution in [-0.4, -0.2) is 35.8 Å². The fourth-order valence-corrected chi connectivity index (χ4v) is 2.85. The van der Waals surface area contributed by atoms with E-state index in [1.165, 1.54) is 13.5 Å². The number of rotatable bonds is 5. The zero-order valence-corrected chi connectivity index (χ0v) is 12.2. The molecule has 0 bridgehead atoms. The Morgan fingerprint density at radius 3 is 3.10 bits per heavy atom. The predicted octanol–water partition coefficient (Wildman–Crippen LogP) is 1.83. The Hall–Kier alpha value is -1.33. The molecule has 2 atom stereocenters. The van der Waals surface area contributed by atoms with Crippen molar-refractivity contribution in [3.05, 3.63) is 23.5 Å². The first kappa shape index (κ1) is 15.1. The molecule has 2 rings (SSSR count). The second kappa shape index (κ2) is 6.41. The molecule has 1 aliphatic rings. The molecule has 0 saturated heterocycles. The van der Waals surface area contributed by atoms with Crippen LogP contribution in [-0.2, 0) is 11.3 Å². The van der Waals surface area contributed by atoms with Crippen molar-refractivity contribution in [3.8, 4) is 0 Å². The first-order chi connectivity index (χ1) is 9.55. The highest BCUT2D eigenvalue weighted by Gasteiger charge is 2.34. The Morgan fingerprint density at radius 1 is 1.60 bits per heavy atom. The number of carbonyl (C=O) groups is 1. The molecule has 1 saturated carbocycles. The number of carbonyl (C=O) groups excluding carboxylic acids is 1. The molecule has 112 valence electrons. The van der Waals surface area contributed by atoms with E-state index in [1.54, 1.807) is 12.3 Å². The van der Waals surface area contributed by atoms with Crippen LogP contribution >= 0.6 is 0 Å². The Labute approximate surface area is 119 Å². The zero-order chi connectivity index (χ0) is 14.6. The third-order valence-corrected chi connectivity index (χ3v) is 4.29. The number of ether oxygens (including phenoxy) is 1. The van der Waals surface area contributed by atoms with Gasteiger partial charge in [0.05, 0.1) is 13.2 Å². The van der Waals surface area contributed by atoms with Crippen molar-refractivity contribution in [2.45, 2.75) is 45.3 Å². The van der Waals surface area contributed by atoms with Crippen molar-refractivity contribution in [1.29, 1.82) is 0 Å². The molecule has 0 aromatic carbocycles. The van der Waals surface area contributed by atoms with Gasteiger partial charge in [0, 0.05) is 24.7 Å². The van der Waals surface area contributed by atoms with Gasteiger partial charge in [0.25, 0.3) is 0 Å². The minimum atomic E-state index is -0.356. The fraction of sp³-hybridized carbons (Fsp3) is 0.667. The number of esters is 1. The molecule has 1 aromatic heterocycles. The molecule has 5 nitrogen and oxygen atoms in total. The number of hydrogen-bond acceptors (Lipinski definition) is 4. The third-order valence-electron chi connectivity index (χ3n) is 4.29.